The molecule has 11 heteroatoms. The van der Waals surface area contributed by atoms with Gasteiger partial charge in [-0.3, -0.25) is 10.2 Å². The van der Waals surface area contributed by atoms with Crippen molar-refractivity contribution in [2.75, 3.05) is 33.7 Å². The smallest absolute Gasteiger partial charge is 0.283 e. The summed E-state index contributed by atoms with van der Waals surface area (Å²) in [6.45, 7) is 4.70. The second-order valence-corrected chi connectivity index (χ2v) is 9.31. The SMILES string of the molecule is COc1cc(/C=C2/C(=N)N3C(SC)=NSC3=NC2=O)cc(OC)c1OCCOc1ccc(C)c(C)c1. The third-order valence-corrected chi connectivity index (χ3v) is 7.00. The first-order valence-corrected chi connectivity index (χ1v) is 13.0. The molecule has 0 aliphatic carbocycles. The minimum absolute atomic E-state index is 0.0184. The largest absolute Gasteiger partial charge is 0.493 e. The first kappa shape index (κ1) is 25.6. The molecular weight excluding hydrogens is 500 g/mol. The van der Waals surface area contributed by atoms with Gasteiger partial charge >= 0.3 is 0 Å². The number of rotatable bonds is 8. The number of methoxy groups -OCH3 is 2. The maximum Gasteiger partial charge on any atom is 0.283 e. The molecule has 0 atom stereocenters. The van der Waals surface area contributed by atoms with Gasteiger partial charge in [0.15, 0.2) is 16.7 Å². The molecule has 0 radical (unpaired) electrons. The number of aryl methyl sites for hydroxylation is 2. The van der Waals surface area contributed by atoms with Crippen LogP contribution in [0.3, 0.4) is 0 Å². The predicted molar refractivity (Wildman–Crippen MR) is 145 cm³/mol. The van der Waals surface area contributed by atoms with Crippen molar-refractivity contribution in [2.45, 2.75) is 13.8 Å². The van der Waals surface area contributed by atoms with E-state index in [0.717, 1.165) is 23.3 Å². The molecule has 0 fully saturated rings. The maximum absolute atomic E-state index is 12.7. The monoisotopic (exact) mass is 526 g/mol. The minimum Gasteiger partial charge on any atom is -0.493 e. The standard InChI is InChI=1S/C25H26N4O5S2/c1-14-6-7-17(10-15(14)2)33-8-9-34-21-19(31-3)12-16(13-20(21)32-4)11-18-22(26)29-24(27-23(18)30)36-28-25(29)35-5/h6-7,10-13,26H,8-9H2,1-5H3/b18-11-,26-22?. The van der Waals surface area contributed by atoms with Crippen LogP contribution in [0.15, 0.2) is 45.3 Å². The average Bonchev–Trinajstić information content (AvgIpc) is 3.29. The van der Waals surface area contributed by atoms with E-state index in [2.05, 4.69) is 16.3 Å². The van der Waals surface area contributed by atoms with Crippen LogP contribution in [0.25, 0.3) is 6.08 Å². The van der Waals surface area contributed by atoms with Gasteiger partial charge in [-0.2, -0.15) is 9.39 Å². The Kier molecular flexibility index (Phi) is 7.90. The molecule has 36 heavy (non-hydrogen) atoms. The summed E-state index contributed by atoms with van der Waals surface area (Å²) in [6.07, 6.45) is 3.44. The number of aliphatic imine (C=N–C) groups is 1. The molecule has 0 spiro atoms. The van der Waals surface area contributed by atoms with Crippen molar-refractivity contribution in [3.05, 3.63) is 52.6 Å². The van der Waals surface area contributed by atoms with Crippen LogP contribution in [0.1, 0.15) is 16.7 Å². The summed E-state index contributed by atoms with van der Waals surface area (Å²) in [7, 11) is 3.05. The van der Waals surface area contributed by atoms with Crippen LogP contribution >= 0.6 is 23.7 Å². The number of carbonyl (C=O) groups excluding carboxylic acids is 1. The maximum atomic E-state index is 12.7. The van der Waals surface area contributed by atoms with E-state index in [1.807, 2.05) is 31.4 Å². The number of amides is 1. The van der Waals surface area contributed by atoms with E-state index in [1.165, 1.54) is 31.5 Å². The quantitative estimate of drug-likeness (QED) is 0.299. The Morgan fingerprint density at radius 2 is 1.75 bits per heavy atom. The normalized spacial score (nSPS) is 16.0. The Labute approximate surface area is 218 Å². The molecule has 0 unspecified atom stereocenters. The van der Waals surface area contributed by atoms with Gasteiger partial charge in [-0.15, -0.1) is 0 Å². The Balaban J connectivity index is 1.52. The van der Waals surface area contributed by atoms with E-state index in [-0.39, 0.29) is 18.0 Å². The molecular formula is C25H26N4O5S2. The molecule has 2 aromatic carbocycles. The molecule has 188 valence electrons. The number of fused-ring (bicyclic) bond motifs is 1. The van der Waals surface area contributed by atoms with Crippen molar-refractivity contribution in [3.8, 4) is 23.0 Å². The van der Waals surface area contributed by atoms with Crippen LogP contribution in [-0.4, -0.2) is 60.7 Å². The molecule has 4 rings (SSSR count). The lowest BCUT2D eigenvalue weighted by molar-refractivity contribution is -0.114. The highest BCUT2D eigenvalue weighted by Crippen LogP contribution is 2.40. The zero-order chi connectivity index (χ0) is 25.8. The van der Waals surface area contributed by atoms with E-state index in [4.69, 9.17) is 24.4 Å². The van der Waals surface area contributed by atoms with Gasteiger partial charge < -0.3 is 18.9 Å². The van der Waals surface area contributed by atoms with E-state index >= 15 is 0 Å². The number of nitrogens with zero attached hydrogens (tertiary/aromatic N) is 3. The highest BCUT2D eigenvalue weighted by molar-refractivity contribution is 8.18. The molecule has 1 N–H and O–H groups in total. The van der Waals surface area contributed by atoms with E-state index in [9.17, 15) is 4.79 Å². The average molecular weight is 527 g/mol. The first-order chi connectivity index (χ1) is 17.4. The summed E-state index contributed by atoms with van der Waals surface area (Å²) in [5.74, 6) is 1.56. The molecule has 0 bridgehead atoms. The van der Waals surface area contributed by atoms with Crippen molar-refractivity contribution in [1.29, 1.82) is 5.41 Å². The molecule has 9 nitrogen and oxygen atoms in total. The molecule has 0 saturated carbocycles. The summed E-state index contributed by atoms with van der Waals surface area (Å²) >= 11 is 2.47. The van der Waals surface area contributed by atoms with Crippen LogP contribution in [0.2, 0.25) is 0 Å². The molecule has 0 saturated heterocycles. The number of hydrogen-bond acceptors (Lipinski definition) is 9. The Hall–Kier alpha value is -3.44. The van der Waals surface area contributed by atoms with Crippen LogP contribution in [-0.2, 0) is 4.79 Å². The fourth-order valence-electron chi connectivity index (χ4n) is 3.53. The van der Waals surface area contributed by atoms with Gasteiger partial charge in [0.1, 0.15) is 24.8 Å². The Morgan fingerprint density at radius 3 is 2.39 bits per heavy atom. The van der Waals surface area contributed by atoms with Crippen LogP contribution < -0.4 is 18.9 Å². The minimum atomic E-state index is -0.502. The number of amidine groups is 3. The lowest BCUT2D eigenvalue weighted by Gasteiger charge is -2.24. The van der Waals surface area contributed by atoms with Gasteiger partial charge in [0, 0.05) is 0 Å². The molecule has 2 aliphatic heterocycles. The van der Waals surface area contributed by atoms with Crippen molar-refractivity contribution in [1.82, 2.24) is 4.90 Å². The van der Waals surface area contributed by atoms with E-state index in [1.54, 1.807) is 23.1 Å². The summed E-state index contributed by atoms with van der Waals surface area (Å²) in [4.78, 5) is 18.3. The molecule has 2 heterocycles. The summed E-state index contributed by atoms with van der Waals surface area (Å²) in [5, 5.41) is 9.57. The van der Waals surface area contributed by atoms with Crippen LogP contribution in [0, 0.1) is 19.3 Å². The topological polar surface area (TPSA) is 106 Å². The van der Waals surface area contributed by atoms with E-state index < -0.39 is 5.91 Å². The van der Waals surface area contributed by atoms with Crippen LogP contribution in [0.4, 0.5) is 0 Å². The zero-order valence-electron chi connectivity index (χ0n) is 20.6. The number of thioether (sulfide) groups is 1. The Morgan fingerprint density at radius 1 is 1.06 bits per heavy atom. The number of ether oxygens (including phenoxy) is 4. The van der Waals surface area contributed by atoms with Crippen molar-refractivity contribution in [2.24, 2.45) is 9.39 Å². The first-order valence-electron chi connectivity index (χ1n) is 11.0. The third kappa shape index (κ3) is 5.21. The number of hydrogen-bond donors (Lipinski definition) is 1. The van der Waals surface area contributed by atoms with Gasteiger partial charge in [0.2, 0.25) is 10.9 Å². The third-order valence-electron chi connectivity index (χ3n) is 5.55. The molecule has 0 aromatic heterocycles. The zero-order valence-corrected chi connectivity index (χ0v) is 22.2. The van der Waals surface area contributed by atoms with Gasteiger partial charge in [0.05, 0.1) is 31.7 Å². The lowest BCUT2D eigenvalue weighted by Crippen LogP contribution is -2.41. The van der Waals surface area contributed by atoms with Crippen molar-refractivity contribution < 1.29 is 23.7 Å². The molecule has 2 aliphatic rings. The van der Waals surface area contributed by atoms with Crippen molar-refractivity contribution >= 4 is 51.9 Å². The molecule has 1 amide bonds. The fourth-order valence-corrected chi connectivity index (χ4v) is 4.98. The Bertz CT molecular complexity index is 1280. The lowest BCUT2D eigenvalue weighted by atomic mass is 10.1. The highest BCUT2D eigenvalue weighted by atomic mass is 32.2. The van der Waals surface area contributed by atoms with Gasteiger partial charge in [-0.1, -0.05) is 17.8 Å². The van der Waals surface area contributed by atoms with Crippen LogP contribution in [0.5, 0.6) is 23.0 Å². The number of nitrogens with one attached hydrogen (secondary N) is 1. The number of carbonyl (C=O) groups is 1. The molecule has 2 aromatic rings. The van der Waals surface area contributed by atoms with Crippen molar-refractivity contribution in [3.63, 3.8) is 0 Å². The van der Waals surface area contributed by atoms with E-state index in [0.29, 0.717) is 39.8 Å². The summed E-state index contributed by atoms with van der Waals surface area (Å²) in [5.41, 5.74) is 3.11. The number of benzene rings is 2. The predicted octanol–water partition coefficient (Wildman–Crippen LogP) is 4.72. The highest BCUT2D eigenvalue weighted by Gasteiger charge is 2.37. The van der Waals surface area contributed by atoms with Gasteiger partial charge in [-0.25, -0.2) is 4.90 Å². The fraction of sp³-hybridized carbons (Fsp3) is 0.280. The summed E-state index contributed by atoms with van der Waals surface area (Å²) in [6, 6.07) is 9.38. The van der Waals surface area contributed by atoms with Gasteiger partial charge in [0.25, 0.3) is 5.91 Å². The second kappa shape index (κ2) is 11.1. The summed E-state index contributed by atoms with van der Waals surface area (Å²) < 4.78 is 27.1. The second-order valence-electron chi connectivity index (χ2n) is 7.81. The van der Waals surface area contributed by atoms with Gasteiger partial charge in [-0.05, 0) is 67.1 Å².